The van der Waals surface area contributed by atoms with Gasteiger partial charge in [-0.1, -0.05) is 0 Å². The Hall–Kier alpha value is -1.82. The number of aromatic amines is 1. The molecule has 0 aliphatic heterocycles. The van der Waals surface area contributed by atoms with Crippen molar-refractivity contribution in [3.63, 3.8) is 0 Å². The summed E-state index contributed by atoms with van der Waals surface area (Å²) in [6.07, 6.45) is 0.752. The summed E-state index contributed by atoms with van der Waals surface area (Å²) in [5.41, 5.74) is 2.07. The minimum absolute atomic E-state index is 0.225. The maximum Gasteiger partial charge on any atom is 0.339 e. The quantitative estimate of drug-likeness (QED) is 0.587. The number of carbonyl (C=O) groups is 2. The SMILES string of the molecule is CCOCCCNC(=O)c1[nH]c(C)c(C(=O)OC)c1C. The summed E-state index contributed by atoms with van der Waals surface area (Å²) >= 11 is 0. The van der Waals surface area contributed by atoms with Crippen LogP contribution >= 0.6 is 0 Å². The van der Waals surface area contributed by atoms with Crippen LogP contribution in [0.25, 0.3) is 0 Å². The molecule has 0 saturated heterocycles. The minimum atomic E-state index is -0.438. The number of ether oxygens (including phenoxy) is 2. The molecule has 0 aliphatic carbocycles. The summed E-state index contributed by atoms with van der Waals surface area (Å²) in [6.45, 7) is 7.22. The third-order valence-corrected chi connectivity index (χ3v) is 3.01. The highest BCUT2D eigenvalue weighted by molar-refractivity contribution is 6.00. The van der Waals surface area contributed by atoms with Gasteiger partial charge in [-0.25, -0.2) is 4.79 Å². The molecule has 1 rings (SSSR count). The van der Waals surface area contributed by atoms with Crippen LogP contribution in [0.5, 0.6) is 0 Å². The lowest BCUT2D eigenvalue weighted by atomic mass is 10.1. The normalized spacial score (nSPS) is 10.4. The fraction of sp³-hybridized carbons (Fsp3) is 0.571. The molecule has 112 valence electrons. The number of carbonyl (C=O) groups excluding carboxylic acids is 2. The highest BCUT2D eigenvalue weighted by Crippen LogP contribution is 2.18. The zero-order valence-corrected chi connectivity index (χ0v) is 12.5. The molecular weight excluding hydrogens is 260 g/mol. The molecule has 0 aromatic carbocycles. The first-order valence-electron chi connectivity index (χ1n) is 6.66. The first kappa shape index (κ1) is 16.2. The number of nitrogens with one attached hydrogen (secondary N) is 2. The van der Waals surface area contributed by atoms with Crippen LogP contribution in [0.15, 0.2) is 0 Å². The van der Waals surface area contributed by atoms with Crippen molar-refractivity contribution in [2.24, 2.45) is 0 Å². The van der Waals surface area contributed by atoms with Gasteiger partial charge in [-0.05, 0) is 32.8 Å². The van der Waals surface area contributed by atoms with Crippen LogP contribution in [0.2, 0.25) is 0 Å². The van der Waals surface area contributed by atoms with Crippen molar-refractivity contribution < 1.29 is 19.1 Å². The summed E-state index contributed by atoms with van der Waals surface area (Å²) in [5, 5.41) is 2.79. The van der Waals surface area contributed by atoms with Crippen LogP contribution in [0, 0.1) is 13.8 Å². The molecule has 0 unspecified atom stereocenters. The van der Waals surface area contributed by atoms with E-state index in [0.717, 1.165) is 6.42 Å². The Labute approximate surface area is 118 Å². The minimum Gasteiger partial charge on any atom is -0.465 e. The van der Waals surface area contributed by atoms with Crippen molar-refractivity contribution in [3.05, 3.63) is 22.5 Å². The molecule has 1 aromatic rings. The molecule has 0 atom stereocenters. The number of hydrogen-bond acceptors (Lipinski definition) is 4. The van der Waals surface area contributed by atoms with E-state index in [2.05, 4.69) is 10.3 Å². The van der Waals surface area contributed by atoms with Gasteiger partial charge in [0, 0.05) is 25.5 Å². The molecule has 0 spiro atoms. The van der Waals surface area contributed by atoms with E-state index in [9.17, 15) is 9.59 Å². The van der Waals surface area contributed by atoms with Gasteiger partial charge in [0.15, 0.2) is 0 Å². The second-order valence-electron chi connectivity index (χ2n) is 4.42. The molecule has 0 aliphatic rings. The van der Waals surface area contributed by atoms with Crippen molar-refractivity contribution in [1.82, 2.24) is 10.3 Å². The van der Waals surface area contributed by atoms with E-state index in [-0.39, 0.29) is 5.91 Å². The Morgan fingerprint density at radius 2 is 2.00 bits per heavy atom. The van der Waals surface area contributed by atoms with E-state index in [1.807, 2.05) is 6.92 Å². The fourth-order valence-corrected chi connectivity index (χ4v) is 1.99. The van der Waals surface area contributed by atoms with Crippen molar-refractivity contribution >= 4 is 11.9 Å². The Morgan fingerprint density at radius 1 is 1.30 bits per heavy atom. The maximum absolute atomic E-state index is 12.0. The van der Waals surface area contributed by atoms with Gasteiger partial charge >= 0.3 is 5.97 Å². The van der Waals surface area contributed by atoms with E-state index in [0.29, 0.717) is 42.3 Å². The lowest BCUT2D eigenvalue weighted by molar-refractivity contribution is 0.0599. The molecule has 20 heavy (non-hydrogen) atoms. The van der Waals surface area contributed by atoms with Gasteiger partial charge in [0.1, 0.15) is 5.69 Å². The van der Waals surface area contributed by atoms with Crippen LogP contribution in [-0.4, -0.2) is 43.7 Å². The first-order valence-corrected chi connectivity index (χ1v) is 6.66. The zero-order valence-electron chi connectivity index (χ0n) is 12.5. The van der Waals surface area contributed by atoms with Crippen molar-refractivity contribution in [2.75, 3.05) is 26.9 Å². The van der Waals surface area contributed by atoms with Gasteiger partial charge in [0.05, 0.1) is 12.7 Å². The molecule has 0 saturated carbocycles. The zero-order chi connectivity index (χ0) is 15.1. The molecule has 0 bridgehead atoms. The van der Waals surface area contributed by atoms with Gasteiger partial charge in [-0.2, -0.15) is 0 Å². The van der Waals surface area contributed by atoms with E-state index >= 15 is 0 Å². The monoisotopic (exact) mass is 282 g/mol. The second kappa shape index (κ2) is 7.69. The number of esters is 1. The summed E-state index contributed by atoms with van der Waals surface area (Å²) in [7, 11) is 1.32. The number of aryl methyl sites for hydroxylation is 1. The number of hydrogen-bond donors (Lipinski definition) is 2. The molecule has 1 heterocycles. The highest BCUT2D eigenvalue weighted by atomic mass is 16.5. The van der Waals surface area contributed by atoms with Crippen LogP contribution in [0.3, 0.4) is 0 Å². The molecule has 6 nitrogen and oxygen atoms in total. The molecular formula is C14H22N2O4. The van der Waals surface area contributed by atoms with Crippen molar-refractivity contribution in [2.45, 2.75) is 27.2 Å². The predicted octanol–water partition coefficient (Wildman–Crippen LogP) is 1.57. The van der Waals surface area contributed by atoms with Crippen LogP contribution in [0.1, 0.15) is 45.4 Å². The van der Waals surface area contributed by atoms with E-state index in [1.165, 1.54) is 7.11 Å². The van der Waals surface area contributed by atoms with Crippen LogP contribution in [0.4, 0.5) is 0 Å². The largest absolute Gasteiger partial charge is 0.465 e. The number of rotatable bonds is 7. The average molecular weight is 282 g/mol. The molecule has 2 N–H and O–H groups in total. The topological polar surface area (TPSA) is 80.4 Å². The highest BCUT2D eigenvalue weighted by Gasteiger charge is 2.22. The van der Waals surface area contributed by atoms with Gasteiger partial charge in [-0.15, -0.1) is 0 Å². The lowest BCUT2D eigenvalue weighted by Gasteiger charge is -2.05. The molecule has 0 fully saturated rings. The van der Waals surface area contributed by atoms with E-state index in [4.69, 9.17) is 9.47 Å². The number of amides is 1. The Kier molecular flexibility index (Phi) is 6.24. The molecule has 6 heteroatoms. The Morgan fingerprint density at radius 3 is 2.60 bits per heavy atom. The fourth-order valence-electron chi connectivity index (χ4n) is 1.99. The number of methoxy groups -OCH3 is 1. The second-order valence-corrected chi connectivity index (χ2v) is 4.42. The van der Waals surface area contributed by atoms with E-state index in [1.54, 1.807) is 13.8 Å². The molecule has 1 amide bonds. The summed E-state index contributed by atoms with van der Waals surface area (Å²) in [4.78, 5) is 26.6. The molecule has 1 aromatic heterocycles. The van der Waals surface area contributed by atoms with Crippen molar-refractivity contribution in [3.8, 4) is 0 Å². The van der Waals surface area contributed by atoms with Gasteiger partial charge in [-0.3, -0.25) is 4.79 Å². The standard InChI is InChI=1S/C14H22N2O4/c1-5-20-8-6-7-15-13(17)12-9(2)11(10(3)16-12)14(18)19-4/h16H,5-8H2,1-4H3,(H,15,17). The first-order chi connectivity index (χ1) is 9.52. The number of aromatic nitrogens is 1. The third kappa shape index (κ3) is 3.84. The summed E-state index contributed by atoms with van der Waals surface area (Å²) in [5.74, 6) is -0.663. The smallest absolute Gasteiger partial charge is 0.339 e. The third-order valence-electron chi connectivity index (χ3n) is 3.01. The van der Waals surface area contributed by atoms with Gasteiger partial charge in [0.25, 0.3) is 5.91 Å². The Bertz CT molecular complexity index is 480. The van der Waals surface area contributed by atoms with Gasteiger partial charge < -0.3 is 19.8 Å². The van der Waals surface area contributed by atoms with Gasteiger partial charge in [0.2, 0.25) is 0 Å². The Balaban J connectivity index is 2.67. The maximum atomic E-state index is 12.0. The summed E-state index contributed by atoms with van der Waals surface area (Å²) < 4.78 is 9.90. The summed E-state index contributed by atoms with van der Waals surface area (Å²) in [6, 6.07) is 0. The predicted molar refractivity (Wildman–Crippen MR) is 75.0 cm³/mol. The molecule has 0 radical (unpaired) electrons. The number of H-pyrrole nitrogens is 1. The van der Waals surface area contributed by atoms with E-state index < -0.39 is 5.97 Å². The van der Waals surface area contributed by atoms with Crippen LogP contribution in [-0.2, 0) is 9.47 Å². The average Bonchev–Trinajstić information content (AvgIpc) is 2.73. The van der Waals surface area contributed by atoms with Crippen molar-refractivity contribution in [1.29, 1.82) is 0 Å². The van der Waals surface area contributed by atoms with Crippen LogP contribution < -0.4 is 5.32 Å². The lowest BCUT2D eigenvalue weighted by Crippen LogP contribution is -2.26.